The lowest BCUT2D eigenvalue weighted by molar-refractivity contribution is -0.137. The molecule has 0 saturated heterocycles. The molecule has 0 aliphatic rings. The number of carbonyl (C=O) groups excluding carboxylic acids is 1. The van der Waals surface area contributed by atoms with Gasteiger partial charge in [-0.15, -0.1) is 0 Å². The molecule has 2 aromatic heterocycles. The normalized spacial score (nSPS) is 11.7. The van der Waals surface area contributed by atoms with Crippen LogP contribution in [0.4, 0.5) is 13.2 Å². The molecule has 2 heterocycles. The molecule has 9 heteroatoms. The fourth-order valence-electron chi connectivity index (χ4n) is 2.59. The number of hydrogen-bond acceptors (Lipinski definition) is 4. The minimum atomic E-state index is -4.45. The molecular formula is C18H17F3N4O2. The van der Waals surface area contributed by atoms with Gasteiger partial charge in [0.2, 0.25) is 0 Å². The van der Waals surface area contributed by atoms with Gasteiger partial charge < -0.3 is 15.0 Å². The molecule has 0 fully saturated rings. The summed E-state index contributed by atoms with van der Waals surface area (Å²) in [5.41, 5.74) is 0.433. The van der Waals surface area contributed by atoms with Crippen LogP contribution in [-0.2, 0) is 10.9 Å². The molecule has 0 aliphatic heterocycles. The van der Waals surface area contributed by atoms with E-state index in [1.807, 2.05) is 0 Å². The molecule has 0 atom stereocenters. The summed E-state index contributed by atoms with van der Waals surface area (Å²) >= 11 is 0. The maximum atomic E-state index is 12.9. The van der Waals surface area contributed by atoms with E-state index >= 15 is 0 Å². The van der Waals surface area contributed by atoms with Gasteiger partial charge >= 0.3 is 6.18 Å². The van der Waals surface area contributed by atoms with Gasteiger partial charge in [0.15, 0.2) is 5.65 Å². The highest BCUT2D eigenvalue weighted by atomic mass is 19.4. The average molecular weight is 378 g/mol. The zero-order valence-electron chi connectivity index (χ0n) is 14.4. The molecule has 0 radical (unpaired) electrons. The molecule has 1 aromatic carbocycles. The number of alkyl halides is 3. The quantitative estimate of drug-likeness (QED) is 0.644. The molecule has 2 N–H and O–H groups in total. The van der Waals surface area contributed by atoms with Gasteiger partial charge in [0.1, 0.15) is 5.82 Å². The van der Waals surface area contributed by atoms with Gasteiger partial charge in [-0.2, -0.15) is 13.2 Å². The van der Waals surface area contributed by atoms with Crippen LogP contribution in [0.2, 0.25) is 0 Å². The third-order valence-electron chi connectivity index (χ3n) is 3.91. The van der Waals surface area contributed by atoms with Crippen molar-refractivity contribution in [3.8, 4) is 11.4 Å². The van der Waals surface area contributed by atoms with E-state index in [2.05, 4.69) is 20.3 Å². The highest BCUT2D eigenvalue weighted by molar-refractivity contribution is 6.04. The van der Waals surface area contributed by atoms with Crippen LogP contribution in [0, 0.1) is 0 Å². The summed E-state index contributed by atoms with van der Waals surface area (Å²) in [7, 11) is 1.58. The zero-order valence-corrected chi connectivity index (χ0v) is 14.4. The Kier molecular flexibility index (Phi) is 5.41. The van der Waals surface area contributed by atoms with Crippen LogP contribution in [0.5, 0.6) is 0 Å². The van der Waals surface area contributed by atoms with E-state index < -0.39 is 11.7 Å². The zero-order chi connectivity index (χ0) is 19.4. The number of benzene rings is 1. The fourth-order valence-corrected chi connectivity index (χ4v) is 2.59. The Morgan fingerprint density at radius 3 is 2.85 bits per heavy atom. The summed E-state index contributed by atoms with van der Waals surface area (Å²) in [4.78, 5) is 23.6. The third-order valence-corrected chi connectivity index (χ3v) is 3.91. The van der Waals surface area contributed by atoms with Gasteiger partial charge in [-0.25, -0.2) is 9.97 Å². The predicted octanol–water partition coefficient (Wildman–Crippen LogP) is 3.41. The van der Waals surface area contributed by atoms with Crippen molar-refractivity contribution in [1.29, 1.82) is 0 Å². The summed E-state index contributed by atoms with van der Waals surface area (Å²) in [5, 5.41) is 2.76. The largest absolute Gasteiger partial charge is 0.416 e. The number of aromatic nitrogens is 3. The third kappa shape index (κ3) is 4.25. The minimum Gasteiger partial charge on any atom is -0.385 e. The summed E-state index contributed by atoms with van der Waals surface area (Å²) < 4.78 is 43.7. The van der Waals surface area contributed by atoms with Crippen molar-refractivity contribution in [3.05, 3.63) is 47.7 Å². The molecule has 0 bridgehead atoms. The summed E-state index contributed by atoms with van der Waals surface area (Å²) in [6, 6.07) is 6.34. The van der Waals surface area contributed by atoms with Crippen molar-refractivity contribution >= 4 is 17.1 Å². The first kappa shape index (κ1) is 18.8. The van der Waals surface area contributed by atoms with Crippen LogP contribution in [0.3, 0.4) is 0 Å². The van der Waals surface area contributed by atoms with Gasteiger partial charge in [0.25, 0.3) is 5.91 Å². The Morgan fingerprint density at radius 2 is 2.11 bits per heavy atom. The van der Waals surface area contributed by atoms with Crippen LogP contribution < -0.4 is 5.32 Å². The maximum Gasteiger partial charge on any atom is 0.416 e. The standard InChI is InChI=1S/C18H17F3N4O2/c1-27-9-3-7-23-17(26)13-6-8-22-16-14(13)24-15(25-16)11-4-2-5-12(10-11)18(19,20)21/h2,4-6,8,10H,3,7,9H2,1H3,(H,23,26)(H,22,24,25). The molecule has 0 saturated carbocycles. The number of methoxy groups -OCH3 is 1. The van der Waals surface area contributed by atoms with Crippen molar-refractivity contribution in [2.24, 2.45) is 0 Å². The second-order valence-corrected chi connectivity index (χ2v) is 5.82. The molecule has 142 valence electrons. The minimum absolute atomic E-state index is 0.211. The number of halogens is 3. The van der Waals surface area contributed by atoms with Crippen molar-refractivity contribution in [3.63, 3.8) is 0 Å². The molecule has 3 rings (SSSR count). The van der Waals surface area contributed by atoms with Crippen molar-refractivity contribution in [2.75, 3.05) is 20.3 Å². The lowest BCUT2D eigenvalue weighted by atomic mass is 10.1. The SMILES string of the molecule is COCCCNC(=O)c1ccnc2nc(-c3cccc(C(F)(F)F)c3)[nH]c12. The summed E-state index contributed by atoms with van der Waals surface area (Å²) in [5.74, 6) is -0.110. The van der Waals surface area contributed by atoms with Gasteiger partial charge in [0.05, 0.1) is 16.6 Å². The monoisotopic (exact) mass is 378 g/mol. The number of nitrogens with zero attached hydrogens (tertiary/aromatic N) is 2. The summed E-state index contributed by atoms with van der Waals surface area (Å²) in [6.45, 7) is 0.959. The van der Waals surface area contributed by atoms with Crippen molar-refractivity contribution in [2.45, 2.75) is 12.6 Å². The summed E-state index contributed by atoms with van der Waals surface area (Å²) in [6.07, 6.45) is -2.36. The van der Waals surface area contributed by atoms with Crippen LogP contribution >= 0.6 is 0 Å². The molecule has 0 spiro atoms. The van der Waals surface area contributed by atoms with Crippen molar-refractivity contribution in [1.82, 2.24) is 20.3 Å². The second kappa shape index (κ2) is 7.75. The van der Waals surface area contributed by atoms with E-state index in [-0.39, 0.29) is 22.9 Å². The van der Waals surface area contributed by atoms with E-state index in [1.54, 1.807) is 7.11 Å². The molecule has 27 heavy (non-hydrogen) atoms. The van der Waals surface area contributed by atoms with E-state index in [4.69, 9.17) is 4.74 Å². The fraction of sp³-hybridized carbons (Fsp3) is 0.278. The Balaban J connectivity index is 1.91. The number of hydrogen-bond donors (Lipinski definition) is 2. The number of ether oxygens (including phenoxy) is 1. The maximum absolute atomic E-state index is 12.9. The smallest absolute Gasteiger partial charge is 0.385 e. The number of amides is 1. The highest BCUT2D eigenvalue weighted by Crippen LogP contribution is 2.32. The Hall–Kier alpha value is -2.94. The van der Waals surface area contributed by atoms with Crippen LogP contribution in [0.1, 0.15) is 22.3 Å². The number of carbonyl (C=O) groups is 1. The number of imidazole rings is 1. The molecule has 1 amide bonds. The second-order valence-electron chi connectivity index (χ2n) is 5.82. The first-order valence-electron chi connectivity index (χ1n) is 8.19. The average Bonchev–Trinajstić information content (AvgIpc) is 3.09. The molecule has 0 unspecified atom stereocenters. The molecule has 3 aromatic rings. The number of pyridine rings is 1. The Labute approximate surface area is 152 Å². The van der Waals surface area contributed by atoms with Gasteiger partial charge in [-0.05, 0) is 24.6 Å². The predicted molar refractivity (Wildman–Crippen MR) is 93.2 cm³/mol. The number of H-pyrrole nitrogens is 1. The lowest BCUT2D eigenvalue weighted by Crippen LogP contribution is -2.25. The Morgan fingerprint density at radius 1 is 1.30 bits per heavy atom. The first-order valence-corrected chi connectivity index (χ1v) is 8.19. The van der Waals surface area contributed by atoms with E-state index in [0.717, 1.165) is 12.1 Å². The van der Waals surface area contributed by atoms with Gasteiger partial charge in [0, 0.05) is 32.0 Å². The molecule has 0 aliphatic carbocycles. The molecular weight excluding hydrogens is 361 g/mol. The molecule has 6 nitrogen and oxygen atoms in total. The van der Waals surface area contributed by atoms with E-state index in [0.29, 0.717) is 30.7 Å². The van der Waals surface area contributed by atoms with E-state index in [9.17, 15) is 18.0 Å². The van der Waals surface area contributed by atoms with Crippen LogP contribution in [0.25, 0.3) is 22.6 Å². The lowest BCUT2D eigenvalue weighted by Gasteiger charge is -2.07. The van der Waals surface area contributed by atoms with Gasteiger partial charge in [-0.1, -0.05) is 12.1 Å². The number of aromatic amines is 1. The topological polar surface area (TPSA) is 79.9 Å². The first-order chi connectivity index (χ1) is 12.9. The van der Waals surface area contributed by atoms with Crippen LogP contribution in [0.15, 0.2) is 36.5 Å². The van der Waals surface area contributed by atoms with Gasteiger partial charge in [-0.3, -0.25) is 4.79 Å². The number of rotatable bonds is 6. The van der Waals surface area contributed by atoms with E-state index in [1.165, 1.54) is 24.4 Å². The highest BCUT2D eigenvalue weighted by Gasteiger charge is 2.30. The van der Waals surface area contributed by atoms with Crippen LogP contribution in [-0.4, -0.2) is 41.1 Å². The number of fused-ring (bicyclic) bond motifs is 1. The number of nitrogens with one attached hydrogen (secondary N) is 2. The van der Waals surface area contributed by atoms with Crippen molar-refractivity contribution < 1.29 is 22.7 Å². The Bertz CT molecular complexity index is 953.